The van der Waals surface area contributed by atoms with Gasteiger partial charge in [-0.05, 0) is 36.4 Å². The Morgan fingerprint density at radius 1 is 1.21 bits per heavy atom. The summed E-state index contributed by atoms with van der Waals surface area (Å²) in [5.74, 6) is -1.12. The van der Waals surface area contributed by atoms with Crippen molar-refractivity contribution >= 4 is 35.0 Å². The Bertz CT molecular complexity index is 1020. The van der Waals surface area contributed by atoms with Gasteiger partial charge in [0.1, 0.15) is 12.7 Å². The smallest absolute Gasteiger partial charge is 0.283 e. The number of benzene rings is 2. The van der Waals surface area contributed by atoms with Gasteiger partial charge in [-0.15, -0.1) is 11.8 Å². The molecule has 0 bridgehead atoms. The zero-order chi connectivity index (χ0) is 20.1. The highest BCUT2D eigenvalue weighted by molar-refractivity contribution is 8.00. The minimum Gasteiger partial charge on any atom is -0.366 e. The number of amides is 2. The van der Waals surface area contributed by atoms with Gasteiger partial charge in [0.2, 0.25) is 11.8 Å². The van der Waals surface area contributed by atoms with Gasteiger partial charge in [0.25, 0.3) is 5.69 Å². The van der Waals surface area contributed by atoms with E-state index in [0.29, 0.717) is 5.69 Å². The van der Waals surface area contributed by atoms with Crippen LogP contribution in [0.15, 0.2) is 60.0 Å². The van der Waals surface area contributed by atoms with Crippen molar-refractivity contribution in [1.29, 1.82) is 0 Å². The number of nitrogens with one attached hydrogen (secondary N) is 1. The van der Waals surface area contributed by atoms with Gasteiger partial charge in [0.05, 0.1) is 21.3 Å². The molecule has 0 unspecified atom stereocenters. The molecule has 10 nitrogen and oxygen atoms in total. The lowest BCUT2D eigenvalue weighted by Crippen LogP contribution is -2.14. The molecule has 142 valence electrons. The molecule has 0 saturated carbocycles. The summed E-state index contributed by atoms with van der Waals surface area (Å²) >= 11 is 0.996. The van der Waals surface area contributed by atoms with E-state index in [4.69, 9.17) is 5.73 Å². The summed E-state index contributed by atoms with van der Waals surface area (Å²) in [5, 5.41) is 17.9. The van der Waals surface area contributed by atoms with Crippen LogP contribution in [0.5, 0.6) is 0 Å². The van der Waals surface area contributed by atoms with Crippen LogP contribution in [0.3, 0.4) is 0 Å². The number of primary amides is 1. The lowest BCUT2D eigenvalue weighted by Gasteiger charge is -2.07. The number of nitrogens with zero attached hydrogens (tertiary/aromatic N) is 4. The molecular formula is C17H14N6O4S. The zero-order valence-electron chi connectivity index (χ0n) is 14.3. The fraction of sp³-hybridized carbons (Fsp3) is 0.0588. The van der Waals surface area contributed by atoms with E-state index in [1.54, 1.807) is 35.3 Å². The fourth-order valence-corrected chi connectivity index (χ4v) is 3.12. The van der Waals surface area contributed by atoms with Gasteiger partial charge in [-0.3, -0.25) is 19.7 Å². The molecule has 0 radical (unpaired) electrons. The third-order valence-corrected chi connectivity index (χ3v) is 4.70. The number of hydrogen-bond acceptors (Lipinski definition) is 7. The van der Waals surface area contributed by atoms with Crippen molar-refractivity contribution in [1.82, 2.24) is 14.8 Å². The Balaban J connectivity index is 1.63. The van der Waals surface area contributed by atoms with Crippen molar-refractivity contribution in [2.24, 2.45) is 5.73 Å². The molecule has 1 heterocycles. The molecule has 3 rings (SSSR count). The van der Waals surface area contributed by atoms with Gasteiger partial charge in [0, 0.05) is 17.3 Å². The summed E-state index contributed by atoms with van der Waals surface area (Å²) in [6.45, 7) is 0. The molecule has 2 aromatic carbocycles. The number of hydrogen-bond donors (Lipinski definition) is 2. The molecule has 0 saturated heterocycles. The highest BCUT2D eigenvalue weighted by Crippen LogP contribution is 2.30. The zero-order valence-corrected chi connectivity index (χ0v) is 15.1. The molecule has 0 spiro atoms. The van der Waals surface area contributed by atoms with Crippen molar-refractivity contribution in [3.05, 3.63) is 70.8 Å². The topological polar surface area (TPSA) is 146 Å². The highest BCUT2D eigenvalue weighted by atomic mass is 32.2. The van der Waals surface area contributed by atoms with E-state index in [1.165, 1.54) is 18.5 Å². The lowest BCUT2D eigenvalue weighted by molar-refractivity contribution is -0.387. The van der Waals surface area contributed by atoms with E-state index in [9.17, 15) is 19.7 Å². The van der Waals surface area contributed by atoms with Crippen LogP contribution in [-0.2, 0) is 4.79 Å². The molecule has 0 fully saturated rings. The van der Waals surface area contributed by atoms with E-state index < -0.39 is 10.8 Å². The number of thioether (sulfide) groups is 1. The summed E-state index contributed by atoms with van der Waals surface area (Å²) in [6.07, 6.45) is 2.97. The van der Waals surface area contributed by atoms with Crippen molar-refractivity contribution < 1.29 is 14.5 Å². The maximum Gasteiger partial charge on any atom is 0.283 e. The van der Waals surface area contributed by atoms with Gasteiger partial charge < -0.3 is 11.1 Å². The molecule has 3 N–H and O–H groups in total. The fourth-order valence-electron chi connectivity index (χ4n) is 2.31. The van der Waals surface area contributed by atoms with Gasteiger partial charge >= 0.3 is 0 Å². The van der Waals surface area contributed by atoms with Crippen LogP contribution < -0.4 is 11.1 Å². The number of aromatic nitrogens is 3. The van der Waals surface area contributed by atoms with Crippen LogP contribution in [0.4, 0.5) is 11.4 Å². The minimum atomic E-state index is -0.758. The molecule has 1 aromatic heterocycles. The maximum absolute atomic E-state index is 12.2. The van der Waals surface area contributed by atoms with E-state index in [1.807, 2.05) is 0 Å². The first-order chi connectivity index (χ1) is 13.4. The largest absolute Gasteiger partial charge is 0.366 e. The van der Waals surface area contributed by atoms with Crippen LogP contribution in [-0.4, -0.2) is 37.3 Å². The predicted molar refractivity (Wildman–Crippen MR) is 102 cm³/mol. The van der Waals surface area contributed by atoms with Crippen molar-refractivity contribution in [3.8, 4) is 5.69 Å². The number of anilines is 1. The number of carbonyl (C=O) groups is 2. The van der Waals surface area contributed by atoms with E-state index in [-0.39, 0.29) is 27.8 Å². The SMILES string of the molecule is NC(=O)c1ccc(SCC(=O)Nc2ccc(-n3cncn3)cc2)c([N+](=O)[O-])c1. The van der Waals surface area contributed by atoms with Crippen molar-refractivity contribution in [3.63, 3.8) is 0 Å². The van der Waals surface area contributed by atoms with Crippen LogP contribution >= 0.6 is 11.8 Å². The third-order valence-electron chi connectivity index (χ3n) is 3.63. The number of carbonyl (C=O) groups excluding carboxylic acids is 2. The summed E-state index contributed by atoms with van der Waals surface area (Å²) in [6, 6.07) is 10.9. The van der Waals surface area contributed by atoms with Crippen LogP contribution in [0, 0.1) is 10.1 Å². The second-order valence-corrected chi connectivity index (χ2v) is 6.54. The summed E-state index contributed by atoms with van der Waals surface area (Å²) in [7, 11) is 0. The molecule has 2 amide bonds. The average molecular weight is 398 g/mol. The molecule has 11 heteroatoms. The monoisotopic (exact) mass is 398 g/mol. The first-order valence-electron chi connectivity index (χ1n) is 7.90. The molecule has 0 atom stereocenters. The molecular weight excluding hydrogens is 384 g/mol. The lowest BCUT2D eigenvalue weighted by atomic mass is 10.2. The maximum atomic E-state index is 12.2. The summed E-state index contributed by atoms with van der Waals surface area (Å²) in [5.41, 5.74) is 6.27. The number of nitrogens with two attached hydrogens (primary N) is 1. The summed E-state index contributed by atoms with van der Waals surface area (Å²) < 4.78 is 1.58. The molecule has 0 aliphatic rings. The van der Waals surface area contributed by atoms with E-state index in [0.717, 1.165) is 23.5 Å². The molecule has 3 aromatic rings. The second-order valence-electron chi connectivity index (χ2n) is 5.53. The Labute approximate surface area is 162 Å². The normalized spacial score (nSPS) is 10.4. The molecule has 0 aliphatic carbocycles. The summed E-state index contributed by atoms with van der Waals surface area (Å²) in [4.78, 5) is 38.0. The van der Waals surface area contributed by atoms with E-state index >= 15 is 0 Å². The number of nitro benzene ring substituents is 1. The number of nitro groups is 1. The predicted octanol–water partition coefficient (Wildman–Crippen LogP) is 2.01. The molecule has 28 heavy (non-hydrogen) atoms. The van der Waals surface area contributed by atoms with Crippen LogP contribution in [0.25, 0.3) is 5.69 Å². The molecule has 0 aliphatic heterocycles. The van der Waals surface area contributed by atoms with Gasteiger partial charge in [-0.25, -0.2) is 9.67 Å². The highest BCUT2D eigenvalue weighted by Gasteiger charge is 2.18. The third kappa shape index (κ3) is 4.51. The average Bonchev–Trinajstić information content (AvgIpc) is 3.21. The first-order valence-corrected chi connectivity index (χ1v) is 8.88. The van der Waals surface area contributed by atoms with Crippen LogP contribution in [0.2, 0.25) is 0 Å². The standard InChI is InChI=1S/C17H14N6O4S/c18-17(25)11-1-6-15(14(7-11)23(26)27)28-8-16(24)21-12-2-4-13(5-3-12)22-10-19-9-20-22/h1-7,9-10H,8H2,(H2,18,25)(H,21,24). The Morgan fingerprint density at radius 2 is 1.96 bits per heavy atom. The van der Waals surface area contributed by atoms with E-state index in [2.05, 4.69) is 15.4 Å². The van der Waals surface area contributed by atoms with Crippen molar-refractivity contribution in [2.75, 3.05) is 11.1 Å². The van der Waals surface area contributed by atoms with Crippen molar-refractivity contribution in [2.45, 2.75) is 4.90 Å². The quantitative estimate of drug-likeness (QED) is 0.351. The Morgan fingerprint density at radius 3 is 2.57 bits per heavy atom. The number of rotatable bonds is 7. The minimum absolute atomic E-state index is 0.0352. The first kappa shape index (κ1) is 19.0. The van der Waals surface area contributed by atoms with Gasteiger partial charge in [-0.1, -0.05) is 0 Å². The van der Waals surface area contributed by atoms with Gasteiger partial charge in [0.15, 0.2) is 0 Å². The van der Waals surface area contributed by atoms with Gasteiger partial charge in [-0.2, -0.15) is 5.10 Å². The van der Waals surface area contributed by atoms with Crippen LogP contribution in [0.1, 0.15) is 10.4 Å². The Kier molecular flexibility index (Phi) is 5.65. The Hall–Kier alpha value is -3.73. The second kappa shape index (κ2) is 8.31.